The first kappa shape index (κ1) is 19.2. The Kier molecular flexibility index (Phi) is 5.30. The first-order valence-corrected chi connectivity index (χ1v) is 10.6. The molecule has 0 spiro atoms. The molecule has 0 aliphatic carbocycles. The van der Waals surface area contributed by atoms with Crippen molar-refractivity contribution < 1.29 is 4.79 Å². The van der Waals surface area contributed by atoms with E-state index in [0.29, 0.717) is 13.0 Å². The predicted molar refractivity (Wildman–Crippen MR) is 116 cm³/mol. The Morgan fingerprint density at radius 2 is 1.87 bits per heavy atom. The maximum Gasteiger partial charge on any atom is 0.223 e. The summed E-state index contributed by atoms with van der Waals surface area (Å²) in [6.45, 7) is 2.21. The zero-order chi connectivity index (χ0) is 21.0. The van der Waals surface area contributed by atoms with Crippen LogP contribution in [-0.4, -0.2) is 55.1 Å². The molecule has 4 aromatic rings. The molecule has 3 aromatic heterocycles. The van der Waals surface area contributed by atoms with E-state index < -0.39 is 0 Å². The number of piperidine rings is 1. The second-order valence-corrected chi connectivity index (χ2v) is 7.71. The number of carbonyl (C=O) groups is 1. The molecule has 31 heavy (non-hydrogen) atoms. The molecule has 1 amide bonds. The Labute approximate surface area is 179 Å². The maximum absolute atomic E-state index is 12.6. The highest BCUT2D eigenvalue weighted by Gasteiger charge is 2.25. The van der Waals surface area contributed by atoms with Gasteiger partial charge in [-0.1, -0.05) is 18.2 Å². The van der Waals surface area contributed by atoms with Crippen LogP contribution >= 0.6 is 0 Å². The summed E-state index contributed by atoms with van der Waals surface area (Å²) >= 11 is 0. The van der Waals surface area contributed by atoms with Crippen LogP contribution in [0.1, 0.15) is 18.5 Å². The van der Waals surface area contributed by atoms with Gasteiger partial charge in [0.05, 0.1) is 11.4 Å². The summed E-state index contributed by atoms with van der Waals surface area (Å²) < 4.78 is 3.53. The zero-order valence-corrected chi connectivity index (χ0v) is 17.1. The van der Waals surface area contributed by atoms with E-state index >= 15 is 0 Å². The van der Waals surface area contributed by atoms with Gasteiger partial charge in [0.2, 0.25) is 5.91 Å². The van der Waals surface area contributed by atoms with Crippen molar-refractivity contribution >= 4 is 17.4 Å². The summed E-state index contributed by atoms with van der Waals surface area (Å²) in [7, 11) is 0. The van der Waals surface area contributed by atoms with Crippen LogP contribution in [0.5, 0.6) is 0 Å². The second-order valence-electron chi connectivity index (χ2n) is 7.71. The first-order chi connectivity index (χ1) is 15.3. The number of para-hydroxylation sites is 1. The van der Waals surface area contributed by atoms with Gasteiger partial charge in [-0.15, -0.1) is 15.3 Å². The molecule has 0 bridgehead atoms. The molecule has 1 aromatic carbocycles. The second kappa shape index (κ2) is 8.55. The van der Waals surface area contributed by atoms with Gasteiger partial charge in [0.1, 0.15) is 12.1 Å². The fraction of sp³-hybridized carbons (Fsp3) is 0.318. The summed E-state index contributed by atoms with van der Waals surface area (Å²) in [6, 6.07) is 15.9. The average Bonchev–Trinajstić information content (AvgIpc) is 3.49. The molecule has 5 rings (SSSR count). The van der Waals surface area contributed by atoms with Crippen molar-refractivity contribution in [3.8, 4) is 5.69 Å². The third-order valence-corrected chi connectivity index (χ3v) is 5.68. The Bertz CT molecular complexity index is 1160. The molecule has 4 heterocycles. The lowest BCUT2D eigenvalue weighted by Crippen LogP contribution is -2.41. The van der Waals surface area contributed by atoms with Crippen molar-refractivity contribution in [2.45, 2.75) is 19.3 Å². The lowest BCUT2D eigenvalue weighted by molar-refractivity contribution is -0.125. The van der Waals surface area contributed by atoms with Crippen molar-refractivity contribution in [3.63, 3.8) is 0 Å². The minimum Gasteiger partial charge on any atom is -0.355 e. The molecule has 9 heteroatoms. The van der Waals surface area contributed by atoms with Crippen molar-refractivity contribution in [1.29, 1.82) is 0 Å². The van der Waals surface area contributed by atoms with Gasteiger partial charge < -0.3 is 10.2 Å². The molecule has 1 saturated heterocycles. The van der Waals surface area contributed by atoms with E-state index in [1.54, 1.807) is 10.8 Å². The monoisotopic (exact) mass is 416 g/mol. The Hall–Kier alpha value is -3.75. The Morgan fingerprint density at radius 1 is 1.03 bits per heavy atom. The molecule has 1 aliphatic heterocycles. The standard InChI is InChI=1S/C22H24N8O/c31-22(23-12-8-18-11-15-29(26-18)19-4-2-1-3-5-19)17-9-13-28(14-10-17)21-7-6-20-25-24-16-30(20)27-21/h1-7,11,15-17H,8-10,12-14H2,(H,23,31). The largest absolute Gasteiger partial charge is 0.355 e. The van der Waals surface area contributed by atoms with Crippen LogP contribution < -0.4 is 10.2 Å². The molecule has 158 valence electrons. The molecule has 1 N–H and O–H groups in total. The number of anilines is 1. The summed E-state index contributed by atoms with van der Waals surface area (Å²) in [5, 5.41) is 20.1. The third kappa shape index (κ3) is 4.25. The Balaban J connectivity index is 1.09. The number of hydrogen-bond donors (Lipinski definition) is 1. The van der Waals surface area contributed by atoms with E-state index in [9.17, 15) is 4.79 Å². The van der Waals surface area contributed by atoms with Crippen LogP contribution in [0, 0.1) is 5.92 Å². The molecule has 0 radical (unpaired) electrons. The molecule has 0 saturated carbocycles. The fourth-order valence-corrected chi connectivity index (χ4v) is 3.94. The Morgan fingerprint density at radius 3 is 2.71 bits per heavy atom. The number of hydrogen-bond acceptors (Lipinski definition) is 6. The summed E-state index contributed by atoms with van der Waals surface area (Å²) in [5.41, 5.74) is 2.73. The number of nitrogens with one attached hydrogen (secondary N) is 1. The number of benzene rings is 1. The molecular formula is C22H24N8O. The summed E-state index contributed by atoms with van der Waals surface area (Å²) in [6.07, 6.45) is 5.90. The highest BCUT2D eigenvalue weighted by molar-refractivity contribution is 5.79. The summed E-state index contributed by atoms with van der Waals surface area (Å²) in [5.74, 6) is 1.06. The lowest BCUT2D eigenvalue weighted by Gasteiger charge is -2.32. The van der Waals surface area contributed by atoms with Crippen molar-refractivity contribution in [3.05, 3.63) is 66.7 Å². The minimum absolute atomic E-state index is 0.0387. The molecule has 0 atom stereocenters. The fourth-order valence-electron chi connectivity index (χ4n) is 3.94. The van der Waals surface area contributed by atoms with Crippen molar-refractivity contribution in [1.82, 2.24) is 34.9 Å². The van der Waals surface area contributed by atoms with Gasteiger partial charge in [0.25, 0.3) is 0 Å². The number of fused-ring (bicyclic) bond motifs is 1. The normalized spacial score (nSPS) is 14.8. The van der Waals surface area contributed by atoms with Gasteiger partial charge in [-0.05, 0) is 43.2 Å². The van der Waals surface area contributed by atoms with Crippen LogP contribution in [0.3, 0.4) is 0 Å². The van der Waals surface area contributed by atoms with E-state index in [-0.39, 0.29) is 11.8 Å². The van der Waals surface area contributed by atoms with Gasteiger partial charge in [-0.2, -0.15) is 9.61 Å². The third-order valence-electron chi connectivity index (χ3n) is 5.68. The van der Waals surface area contributed by atoms with Gasteiger partial charge in [-0.25, -0.2) is 4.68 Å². The van der Waals surface area contributed by atoms with E-state index in [1.807, 2.05) is 59.4 Å². The van der Waals surface area contributed by atoms with E-state index in [1.165, 1.54) is 0 Å². The molecule has 1 aliphatic rings. The van der Waals surface area contributed by atoms with Crippen molar-refractivity contribution in [2.24, 2.45) is 5.92 Å². The number of carbonyl (C=O) groups excluding carboxylic acids is 1. The van der Waals surface area contributed by atoms with Gasteiger partial charge in [-0.3, -0.25) is 4.79 Å². The lowest BCUT2D eigenvalue weighted by atomic mass is 9.96. The van der Waals surface area contributed by atoms with Crippen LogP contribution in [0.4, 0.5) is 5.82 Å². The maximum atomic E-state index is 12.6. The number of amides is 1. The topological polar surface area (TPSA) is 93.2 Å². The van der Waals surface area contributed by atoms with Crippen LogP contribution in [0.15, 0.2) is 61.1 Å². The van der Waals surface area contributed by atoms with Crippen molar-refractivity contribution in [2.75, 3.05) is 24.5 Å². The van der Waals surface area contributed by atoms with Gasteiger partial charge in [0.15, 0.2) is 5.65 Å². The average molecular weight is 416 g/mol. The zero-order valence-electron chi connectivity index (χ0n) is 17.1. The molecule has 9 nitrogen and oxygen atoms in total. The molecular weight excluding hydrogens is 392 g/mol. The smallest absolute Gasteiger partial charge is 0.223 e. The van der Waals surface area contributed by atoms with E-state index in [0.717, 1.165) is 48.8 Å². The van der Waals surface area contributed by atoms with Gasteiger partial charge in [0, 0.05) is 38.2 Å². The highest BCUT2D eigenvalue weighted by Crippen LogP contribution is 2.22. The van der Waals surface area contributed by atoms with Crippen LogP contribution in [-0.2, 0) is 11.2 Å². The first-order valence-electron chi connectivity index (χ1n) is 10.6. The minimum atomic E-state index is 0.0387. The van der Waals surface area contributed by atoms with Crippen LogP contribution in [0.25, 0.3) is 11.3 Å². The van der Waals surface area contributed by atoms with Crippen LogP contribution in [0.2, 0.25) is 0 Å². The quantitative estimate of drug-likeness (QED) is 0.516. The van der Waals surface area contributed by atoms with E-state index in [2.05, 4.69) is 30.6 Å². The number of aromatic nitrogens is 6. The molecule has 1 fully saturated rings. The SMILES string of the molecule is O=C(NCCc1ccn(-c2ccccc2)n1)C1CCN(c2ccc3nncn3n2)CC1. The van der Waals surface area contributed by atoms with Gasteiger partial charge >= 0.3 is 0 Å². The highest BCUT2D eigenvalue weighted by atomic mass is 16.1. The predicted octanol–water partition coefficient (Wildman–Crippen LogP) is 1.89. The number of rotatable bonds is 6. The molecule has 0 unspecified atom stereocenters. The van der Waals surface area contributed by atoms with E-state index in [4.69, 9.17) is 0 Å². The number of nitrogens with zero attached hydrogens (tertiary/aromatic N) is 7. The summed E-state index contributed by atoms with van der Waals surface area (Å²) in [4.78, 5) is 14.8.